The molecular weight excluding hydrogens is 474 g/mol. The highest BCUT2D eigenvalue weighted by Gasteiger charge is 2.19. The number of carbonyl (C=O) groups excluding carboxylic acids is 1. The van der Waals surface area contributed by atoms with Crippen molar-refractivity contribution in [1.82, 2.24) is 10.2 Å². The van der Waals surface area contributed by atoms with Gasteiger partial charge in [0.1, 0.15) is 17.9 Å². The molecule has 38 heavy (non-hydrogen) atoms. The van der Waals surface area contributed by atoms with E-state index in [-0.39, 0.29) is 24.8 Å². The van der Waals surface area contributed by atoms with Crippen LogP contribution in [0.25, 0.3) is 0 Å². The standard InChI is InChI=1S/C32H49N3O3/c1-5-6-7-8-9-10-11-12-13-14-15-16-17-18-19-20-21-22-23-24-32(37)34-31-25-26-35(29(3)33-31)30(4)38-28(2)27-36/h6-7,9-10,12-13,15-16,18-19,25-26,28,30,36H,3,5,8,11,14,17,20-24,27H2,1-2,4H3,(H,33,34,37). The summed E-state index contributed by atoms with van der Waals surface area (Å²) < 4.78 is 5.67. The lowest BCUT2D eigenvalue weighted by Gasteiger charge is -2.31. The van der Waals surface area contributed by atoms with Gasteiger partial charge < -0.3 is 20.1 Å². The minimum Gasteiger partial charge on any atom is -0.394 e. The Bertz CT molecular complexity index is 880. The second-order valence-corrected chi connectivity index (χ2v) is 9.22. The molecule has 0 aliphatic carbocycles. The number of allylic oxidation sites excluding steroid dienone is 10. The van der Waals surface area contributed by atoms with Crippen LogP contribution >= 0.6 is 0 Å². The normalized spacial score (nSPS) is 16.1. The van der Waals surface area contributed by atoms with Gasteiger partial charge in [-0.05, 0) is 71.3 Å². The van der Waals surface area contributed by atoms with Crippen LogP contribution in [0, 0.1) is 0 Å². The highest BCUT2D eigenvalue weighted by Crippen LogP contribution is 2.16. The second-order valence-electron chi connectivity index (χ2n) is 9.22. The maximum atomic E-state index is 12.2. The number of aliphatic imine (C=N–C) groups is 1. The van der Waals surface area contributed by atoms with Gasteiger partial charge in [-0.1, -0.05) is 80.7 Å². The van der Waals surface area contributed by atoms with E-state index in [2.05, 4.69) is 84.6 Å². The van der Waals surface area contributed by atoms with Crippen LogP contribution in [0.4, 0.5) is 0 Å². The Labute approximate surface area is 230 Å². The lowest BCUT2D eigenvalue weighted by Crippen LogP contribution is -2.37. The summed E-state index contributed by atoms with van der Waals surface area (Å²) in [5.41, 5.74) is 0. The topological polar surface area (TPSA) is 74.2 Å². The molecule has 0 fully saturated rings. The minimum absolute atomic E-state index is 0.0391. The molecule has 2 atom stereocenters. The Hall–Kier alpha value is -2.96. The monoisotopic (exact) mass is 523 g/mol. The third kappa shape index (κ3) is 16.7. The summed E-state index contributed by atoms with van der Waals surface area (Å²) >= 11 is 0. The average molecular weight is 524 g/mol. The van der Waals surface area contributed by atoms with Crippen molar-refractivity contribution in [3.05, 3.63) is 85.4 Å². The van der Waals surface area contributed by atoms with Gasteiger partial charge in [0.05, 0.1) is 12.7 Å². The number of hydrogen-bond donors (Lipinski definition) is 2. The van der Waals surface area contributed by atoms with E-state index in [9.17, 15) is 4.79 Å². The van der Waals surface area contributed by atoms with Crippen molar-refractivity contribution in [2.45, 2.75) is 97.3 Å². The molecule has 1 heterocycles. The number of amides is 1. The van der Waals surface area contributed by atoms with E-state index in [4.69, 9.17) is 9.84 Å². The third-order valence-electron chi connectivity index (χ3n) is 5.72. The fraction of sp³-hybridized carbons (Fsp3) is 0.500. The Balaban J connectivity index is 2.08. The molecule has 2 unspecified atom stereocenters. The van der Waals surface area contributed by atoms with Crippen molar-refractivity contribution in [2.24, 2.45) is 4.99 Å². The number of nitrogens with one attached hydrogen (secondary N) is 1. The smallest absolute Gasteiger partial charge is 0.225 e. The van der Waals surface area contributed by atoms with Crippen LogP contribution in [0.3, 0.4) is 0 Å². The summed E-state index contributed by atoms with van der Waals surface area (Å²) in [4.78, 5) is 18.4. The van der Waals surface area contributed by atoms with Crippen molar-refractivity contribution in [3.63, 3.8) is 0 Å². The summed E-state index contributed by atoms with van der Waals surface area (Å²) in [6.45, 7) is 9.69. The van der Waals surface area contributed by atoms with Gasteiger partial charge in [-0.25, -0.2) is 4.99 Å². The lowest BCUT2D eigenvalue weighted by atomic mass is 10.1. The van der Waals surface area contributed by atoms with Crippen LogP contribution in [0.15, 0.2) is 90.4 Å². The van der Waals surface area contributed by atoms with Gasteiger partial charge in [-0.15, -0.1) is 0 Å². The number of amidine groups is 1. The number of carbonyl (C=O) groups is 1. The van der Waals surface area contributed by atoms with Crippen LogP contribution in [0.1, 0.15) is 85.0 Å². The summed E-state index contributed by atoms with van der Waals surface area (Å²) in [5.74, 6) is 0.928. The molecule has 1 amide bonds. The van der Waals surface area contributed by atoms with E-state index in [1.807, 2.05) is 6.92 Å². The van der Waals surface area contributed by atoms with E-state index in [1.54, 1.807) is 24.1 Å². The minimum atomic E-state index is -0.315. The van der Waals surface area contributed by atoms with Crippen molar-refractivity contribution in [2.75, 3.05) is 6.61 Å². The maximum Gasteiger partial charge on any atom is 0.225 e. The lowest BCUT2D eigenvalue weighted by molar-refractivity contribution is -0.119. The largest absolute Gasteiger partial charge is 0.394 e. The number of aliphatic hydroxyl groups is 1. The molecule has 0 radical (unpaired) electrons. The maximum absolute atomic E-state index is 12.2. The molecule has 0 saturated carbocycles. The first kappa shape index (κ1) is 33.1. The Morgan fingerprint density at radius 1 is 0.974 bits per heavy atom. The fourth-order valence-corrected chi connectivity index (χ4v) is 3.61. The van der Waals surface area contributed by atoms with Gasteiger partial charge in [-0.3, -0.25) is 4.79 Å². The molecule has 6 nitrogen and oxygen atoms in total. The zero-order valence-corrected chi connectivity index (χ0v) is 23.7. The Kier molecular flexibility index (Phi) is 19.2. The zero-order valence-electron chi connectivity index (χ0n) is 23.7. The van der Waals surface area contributed by atoms with E-state index in [1.165, 1.54) is 0 Å². The summed E-state index contributed by atoms with van der Waals surface area (Å²) in [6, 6.07) is 0. The zero-order chi connectivity index (χ0) is 27.8. The SMILES string of the molecule is C=C1N=C(NC(=O)CCCCCC=CCC=CCC=CCC=CCC=CCC)C=CN1C(C)OC(C)CO. The fourth-order valence-electron chi connectivity index (χ4n) is 3.61. The Morgan fingerprint density at radius 2 is 1.55 bits per heavy atom. The molecule has 0 aromatic rings. The number of unbranched alkanes of at least 4 members (excludes halogenated alkanes) is 3. The molecule has 0 spiro atoms. The van der Waals surface area contributed by atoms with Crippen LogP contribution in [0.2, 0.25) is 0 Å². The van der Waals surface area contributed by atoms with Crippen LogP contribution < -0.4 is 5.32 Å². The molecule has 1 rings (SSSR count). The quantitative estimate of drug-likeness (QED) is 0.138. The number of aliphatic hydroxyl groups excluding tert-OH is 1. The summed E-state index contributed by atoms with van der Waals surface area (Å²) in [6.07, 6.45) is 34.5. The van der Waals surface area contributed by atoms with Crippen molar-refractivity contribution in [1.29, 1.82) is 0 Å². The highest BCUT2D eigenvalue weighted by atomic mass is 16.5. The molecule has 1 aliphatic heterocycles. The van der Waals surface area contributed by atoms with Crippen LogP contribution in [0.5, 0.6) is 0 Å². The van der Waals surface area contributed by atoms with Crippen molar-refractivity contribution in [3.8, 4) is 0 Å². The molecular formula is C32H49N3O3. The molecule has 2 N–H and O–H groups in total. The highest BCUT2D eigenvalue weighted by molar-refractivity contribution is 6.05. The predicted molar refractivity (Wildman–Crippen MR) is 160 cm³/mol. The molecule has 6 heteroatoms. The summed E-state index contributed by atoms with van der Waals surface area (Å²) in [7, 11) is 0. The molecule has 1 aliphatic rings. The molecule has 0 aromatic heterocycles. The number of nitrogens with zero attached hydrogens (tertiary/aromatic N) is 2. The van der Waals surface area contributed by atoms with Gasteiger partial charge in [0.25, 0.3) is 0 Å². The van der Waals surface area contributed by atoms with Crippen molar-refractivity contribution < 1.29 is 14.6 Å². The van der Waals surface area contributed by atoms with Crippen LogP contribution in [-0.2, 0) is 9.53 Å². The molecule has 0 saturated heterocycles. The van der Waals surface area contributed by atoms with Crippen molar-refractivity contribution >= 4 is 11.7 Å². The number of ether oxygens (including phenoxy) is 1. The Morgan fingerprint density at radius 3 is 2.11 bits per heavy atom. The second kappa shape index (κ2) is 22.1. The van der Waals surface area contributed by atoms with Gasteiger partial charge in [0.2, 0.25) is 5.91 Å². The number of hydrogen-bond acceptors (Lipinski definition) is 5. The van der Waals surface area contributed by atoms with E-state index >= 15 is 0 Å². The van der Waals surface area contributed by atoms with Crippen LogP contribution in [-0.4, -0.2) is 40.7 Å². The first-order valence-electron chi connectivity index (χ1n) is 14.0. The predicted octanol–water partition coefficient (Wildman–Crippen LogP) is 7.25. The van der Waals surface area contributed by atoms with E-state index in [0.29, 0.717) is 18.1 Å². The third-order valence-corrected chi connectivity index (χ3v) is 5.72. The molecule has 210 valence electrons. The first-order chi connectivity index (χ1) is 18.5. The molecule has 0 bridgehead atoms. The van der Waals surface area contributed by atoms with E-state index in [0.717, 1.165) is 57.8 Å². The van der Waals surface area contributed by atoms with Gasteiger partial charge >= 0.3 is 0 Å². The van der Waals surface area contributed by atoms with Gasteiger partial charge in [0, 0.05) is 12.6 Å². The average Bonchev–Trinajstić information content (AvgIpc) is 2.89. The number of rotatable bonds is 19. The van der Waals surface area contributed by atoms with Gasteiger partial charge in [0.15, 0.2) is 0 Å². The molecule has 0 aromatic carbocycles. The van der Waals surface area contributed by atoms with Gasteiger partial charge in [-0.2, -0.15) is 0 Å². The first-order valence-corrected chi connectivity index (χ1v) is 14.0. The van der Waals surface area contributed by atoms with E-state index < -0.39 is 0 Å². The summed E-state index contributed by atoms with van der Waals surface area (Å²) in [5, 5.41) is 12.0.